The minimum absolute atomic E-state index is 0.202. The van der Waals surface area contributed by atoms with Crippen LogP contribution in [-0.4, -0.2) is 80.0 Å². The molecule has 11 heteroatoms. The number of halogens is 3. The van der Waals surface area contributed by atoms with Crippen molar-refractivity contribution >= 4 is 11.9 Å². The first-order valence-electron chi connectivity index (χ1n) is 14.1. The highest BCUT2D eigenvalue weighted by molar-refractivity contribution is 5.79. The number of carboxylic acids is 1. The van der Waals surface area contributed by atoms with Gasteiger partial charge in [-0.25, -0.2) is 4.79 Å². The van der Waals surface area contributed by atoms with E-state index in [0.717, 1.165) is 69.9 Å². The molecule has 2 heterocycles. The fourth-order valence-electron chi connectivity index (χ4n) is 5.29. The maximum Gasteiger partial charge on any atom is 0.490 e. The molecule has 4 rings (SSSR count). The van der Waals surface area contributed by atoms with E-state index in [0.29, 0.717) is 23.8 Å². The molecule has 42 heavy (non-hydrogen) atoms. The topological polar surface area (TPSA) is 88.5 Å². The highest BCUT2D eigenvalue weighted by Gasteiger charge is 2.42. The van der Waals surface area contributed by atoms with Gasteiger partial charge in [0.05, 0.1) is 27.2 Å². The van der Waals surface area contributed by atoms with E-state index in [4.69, 9.17) is 24.1 Å². The van der Waals surface area contributed by atoms with Crippen molar-refractivity contribution in [3.63, 3.8) is 0 Å². The number of rotatable bonds is 9. The predicted octanol–water partition coefficient (Wildman–Crippen LogP) is 5.43. The average Bonchev–Trinajstić information content (AvgIpc) is 3.37. The van der Waals surface area contributed by atoms with E-state index >= 15 is 0 Å². The molecule has 2 aliphatic rings. The van der Waals surface area contributed by atoms with Crippen LogP contribution in [0, 0.1) is 11.3 Å². The lowest BCUT2D eigenvalue weighted by Crippen LogP contribution is -2.42. The van der Waals surface area contributed by atoms with Crippen LogP contribution in [-0.2, 0) is 22.6 Å². The minimum Gasteiger partial charge on any atom is -0.493 e. The molecule has 2 fully saturated rings. The summed E-state index contributed by atoms with van der Waals surface area (Å²) in [6, 6.07) is 14.1. The van der Waals surface area contributed by atoms with E-state index in [-0.39, 0.29) is 11.3 Å². The number of methoxy groups -OCH3 is 2. The molecule has 1 spiro atoms. The van der Waals surface area contributed by atoms with E-state index in [2.05, 4.69) is 47.9 Å². The van der Waals surface area contributed by atoms with Gasteiger partial charge in [0.15, 0.2) is 11.5 Å². The monoisotopic (exact) mass is 594 g/mol. The Labute approximate surface area is 245 Å². The van der Waals surface area contributed by atoms with Crippen molar-refractivity contribution in [3.05, 3.63) is 53.6 Å². The number of hydrogen-bond donors (Lipinski definition) is 1. The zero-order chi connectivity index (χ0) is 30.9. The lowest BCUT2D eigenvalue weighted by Gasteiger charge is -2.39. The van der Waals surface area contributed by atoms with E-state index in [1.807, 2.05) is 18.2 Å². The van der Waals surface area contributed by atoms with Gasteiger partial charge in [0.25, 0.3) is 0 Å². The van der Waals surface area contributed by atoms with Gasteiger partial charge < -0.3 is 24.2 Å². The molecule has 0 aliphatic carbocycles. The van der Waals surface area contributed by atoms with Crippen molar-refractivity contribution < 1.29 is 42.1 Å². The van der Waals surface area contributed by atoms with Crippen LogP contribution in [0.5, 0.6) is 17.2 Å². The van der Waals surface area contributed by atoms with Crippen molar-refractivity contribution in [1.29, 1.82) is 0 Å². The molecule has 0 unspecified atom stereocenters. The van der Waals surface area contributed by atoms with Crippen molar-refractivity contribution in [2.45, 2.75) is 52.3 Å². The summed E-state index contributed by atoms with van der Waals surface area (Å²) in [5.74, 6) is 0.316. The number of para-hydroxylation sites is 1. The molecule has 1 amide bonds. The number of benzene rings is 2. The molecule has 0 bridgehead atoms. The van der Waals surface area contributed by atoms with Crippen LogP contribution in [0.3, 0.4) is 0 Å². The Morgan fingerprint density at radius 2 is 1.57 bits per heavy atom. The summed E-state index contributed by atoms with van der Waals surface area (Å²) in [6.07, 6.45) is -1.30. The molecule has 2 saturated heterocycles. The van der Waals surface area contributed by atoms with Crippen LogP contribution in [0.2, 0.25) is 0 Å². The van der Waals surface area contributed by atoms with Crippen LogP contribution in [0.4, 0.5) is 13.2 Å². The smallest absolute Gasteiger partial charge is 0.490 e. The van der Waals surface area contributed by atoms with Crippen molar-refractivity contribution in [2.24, 2.45) is 11.3 Å². The second kappa shape index (κ2) is 14.6. The molecule has 0 atom stereocenters. The van der Waals surface area contributed by atoms with E-state index < -0.39 is 12.1 Å². The molecule has 2 aromatic carbocycles. The summed E-state index contributed by atoms with van der Waals surface area (Å²) in [7, 11) is 3.24. The third kappa shape index (κ3) is 9.27. The van der Waals surface area contributed by atoms with Gasteiger partial charge in [-0.3, -0.25) is 9.69 Å². The van der Waals surface area contributed by atoms with Gasteiger partial charge in [0, 0.05) is 25.2 Å². The number of nitrogens with zero attached hydrogens (tertiary/aromatic N) is 2. The van der Waals surface area contributed by atoms with Crippen molar-refractivity contribution in [3.8, 4) is 17.2 Å². The number of ether oxygens (including phenoxy) is 3. The Bertz CT molecular complexity index is 1200. The Morgan fingerprint density at radius 3 is 2.17 bits per heavy atom. The fraction of sp³-hybridized carbons (Fsp3) is 0.548. The number of piperidine rings is 1. The number of alkyl halides is 3. The third-order valence-electron chi connectivity index (χ3n) is 7.69. The quantitative estimate of drug-likeness (QED) is 0.414. The second-order valence-corrected chi connectivity index (χ2v) is 11.3. The van der Waals surface area contributed by atoms with Crippen LogP contribution >= 0.6 is 0 Å². The maximum atomic E-state index is 13.1. The van der Waals surface area contributed by atoms with E-state index in [1.54, 1.807) is 14.2 Å². The predicted molar refractivity (Wildman–Crippen MR) is 152 cm³/mol. The number of aliphatic carboxylic acids is 1. The van der Waals surface area contributed by atoms with Crippen LogP contribution in [0.1, 0.15) is 44.2 Å². The summed E-state index contributed by atoms with van der Waals surface area (Å²) < 4.78 is 48.5. The van der Waals surface area contributed by atoms with E-state index in [9.17, 15) is 18.0 Å². The molecule has 2 aromatic rings. The standard InChI is InChI=1S/C29H40N2O4.C2HF3O2/c1-22(2)20-35-25-8-6-5-7-24(25)19-30-14-11-29(12-15-30)13-16-31(21-29)28(32)18-23-9-10-26(33-3)27(17-23)34-4;3-2(4,5)1(6)7/h5-10,17,22H,11-16,18-21H2,1-4H3;(H,6,7). The SMILES string of the molecule is COc1ccc(CC(=O)N2CCC3(CCN(Cc4ccccc4OCC(C)C)CC3)C2)cc1OC.O=C(O)C(F)(F)F. The molecule has 2 aliphatic heterocycles. The molecule has 0 aromatic heterocycles. The van der Waals surface area contributed by atoms with Gasteiger partial charge in [-0.05, 0) is 67.4 Å². The number of carbonyl (C=O) groups is 2. The summed E-state index contributed by atoms with van der Waals surface area (Å²) in [4.78, 5) is 26.6. The first-order valence-corrected chi connectivity index (χ1v) is 14.1. The number of hydrogen-bond acceptors (Lipinski definition) is 6. The normalized spacial score (nSPS) is 16.6. The Hall–Kier alpha value is -3.47. The van der Waals surface area contributed by atoms with Crippen LogP contribution in [0.15, 0.2) is 42.5 Å². The molecule has 0 radical (unpaired) electrons. The highest BCUT2D eigenvalue weighted by Crippen LogP contribution is 2.41. The van der Waals surface area contributed by atoms with Crippen LogP contribution in [0.25, 0.3) is 0 Å². The van der Waals surface area contributed by atoms with Gasteiger partial charge in [-0.2, -0.15) is 13.2 Å². The Balaban J connectivity index is 0.000000616. The zero-order valence-electron chi connectivity index (χ0n) is 24.7. The second-order valence-electron chi connectivity index (χ2n) is 11.3. The first kappa shape index (κ1) is 33.0. The molecule has 1 N–H and O–H groups in total. The Kier molecular flexibility index (Phi) is 11.5. The summed E-state index contributed by atoms with van der Waals surface area (Å²) >= 11 is 0. The average molecular weight is 595 g/mol. The van der Waals surface area contributed by atoms with Gasteiger partial charge in [0.2, 0.25) is 5.91 Å². The summed E-state index contributed by atoms with van der Waals surface area (Å²) in [5, 5.41) is 7.12. The molecular weight excluding hydrogens is 553 g/mol. The lowest BCUT2D eigenvalue weighted by molar-refractivity contribution is -0.192. The third-order valence-corrected chi connectivity index (χ3v) is 7.69. The first-order chi connectivity index (χ1) is 19.9. The summed E-state index contributed by atoms with van der Waals surface area (Å²) in [5.41, 5.74) is 2.49. The molecule has 0 saturated carbocycles. The summed E-state index contributed by atoms with van der Waals surface area (Å²) in [6.45, 7) is 9.89. The highest BCUT2D eigenvalue weighted by atomic mass is 19.4. The zero-order valence-corrected chi connectivity index (χ0v) is 24.7. The number of amides is 1. The minimum atomic E-state index is -5.08. The van der Waals surface area contributed by atoms with Crippen molar-refractivity contribution in [1.82, 2.24) is 9.80 Å². The number of likely N-dealkylation sites (tertiary alicyclic amines) is 2. The fourth-order valence-corrected chi connectivity index (χ4v) is 5.29. The Morgan fingerprint density at radius 1 is 0.952 bits per heavy atom. The van der Waals surface area contributed by atoms with Crippen LogP contribution < -0.4 is 14.2 Å². The van der Waals surface area contributed by atoms with Gasteiger partial charge in [-0.15, -0.1) is 0 Å². The number of carbonyl (C=O) groups excluding carboxylic acids is 1. The molecule has 232 valence electrons. The largest absolute Gasteiger partial charge is 0.493 e. The van der Waals surface area contributed by atoms with Gasteiger partial charge >= 0.3 is 12.1 Å². The molecule has 8 nitrogen and oxygen atoms in total. The maximum absolute atomic E-state index is 13.1. The number of carboxylic acid groups (broad SMARTS) is 1. The molecular formula is C31H41F3N2O6. The van der Waals surface area contributed by atoms with Gasteiger partial charge in [-0.1, -0.05) is 38.1 Å². The van der Waals surface area contributed by atoms with E-state index in [1.165, 1.54) is 5.56 Å². The van der Waals surface area contributed by atoms with Crippen molar-refractivity contribution in [2.75, 3.05) is 47.0 Å². The van der Waals surface area contributed by atoms with Gasteiger partial charge in [0.1, 0.15) is 5.75 Å². The lowest BCUT2D eigenvalue weighted by atomic mass is 9.77.